The largest absolute Gasteiger partial charge is 0.419 e. The summed E-state index contributed by atoms with van der Waals surface area (Å²) in [5.41, 5.74) is 0.699. The summed E-state index contributed by atoms with van der Waals surface area (Å²) >= 11 is 0. The topological polar surface area (TPSA) is 90.4 Å². The monoisotopic (exact) mass is 613 g/mol. The van der Waals surface area contributed by atoms with E-state index in [0.717, 1.165) is 36.7 Å². The third-order valence-corrected chi connectivity index (χ3v) is 8.61. The molecule has 236 valence electrons. The number of carbonyl (C=O) groups excluding carboxylic acids is 1. The number of hydrogen-bond acceptors (Lipinski definition) is 6. The molecule has 1 saturated heterocycles. The molecule has 1 aromatic heterocycles. The first-order chi connectivity index (χ1) is 20.5. The number of hydrogen-bond donors (Lipinski definition) is 3. The van der Waals surface area contributed by atoms with Gasteiger partial charge in [0.1, 0.15) is 5.82 Å². The van der Waals surface area contributed by atoms with Crippen LogP contribution >= 0.6 is 0 Å². The zero-order valence-corrected chi connectivity index (χ0v) is 25.7. The first-order valence-electron chi connectivity index (χ1n) is 14.9. The minimum absolute atomic E-state index is 0.0392. The van der Waals surface area contributed by atoms with Crippen molar-refractivity contribution >= 4 is 23.2 Å². The lowest BCUT2D eigenvalue weighted by atomic mass is 9.82. The highest BCUT2D eigenvalue weighted by molar-refractivity contribution is 6.06. The van der Waals surface area contributed by atoms with Gasteiger partial charge in [0.2, 0.25) is 11.9 Å². The second-order valence-electron chi connectivity index (χ2n) is 13.1. The number of nitrogens with one attached hydrogen (secondary N) is 2. The summed E-state index contributed by atoms with van der Waals surface area (Å²) in [6, 6.07) is 8.79. The van der Waals surface area contributed by atoms with Crippen LogP contribution in [0.2, 0.25) is 0 Å². The molecule has 0 spiro atoms. The minimum Gasteiger partial charge on any atom is -0.389 e. The van der Waals surface area contributed by atoms with Gasteiger partial charge in [-0.1, -0.05) is 18.2 Å². The first-order valence-corrected chi connectivity index (χ1v) is 14.9. The number of benzene rings is 2. The first kappa shape index (κ1) is 31.8. The maximum Gasteiger partial charge on any atom is 0.419 e. The fraction of sp³-hybridized carbons (Fsp3) is 0.485. The Kier molecular flexibility index (Phi) is 8.50. The third kappa shape index (κ3) is 6.58. The molecule has 7 nitrogen and oxygen atoms in total. The molecule has 0 radical (unpaired) electrons. The number of aryl methyl sites for hydroxylation is 2. The Balaban J connectivity index is 1.38. The molecule has 11 heteroatoms. The quantitative estimate of drug-likeness (QED) is 0.247. The SMILES string of the molecule is Cc1c(Nc2ncc(C(F)(F)F)c(CCc3cccc4c3C(C)(C)C(=O)N4)n2)ccc(C2CCCN(CC(C)(C)O)C2)c1F. The normalized spacial score (nSPS) is 18.7. The summed E-state index contributed by atoms with van der Waals surface area (Å²) < 4.78 is 57.6. The zero-order chi connectivity index (χ0) is 32.0. The van der Waals surface area contributed by atoms with Crippen molar-refractivity contribution in [2.75, 3.05) is 30.3 Å². The average molecular weight is 614 g/mol. The molecule has 44 heavy (non-hydrogen) atoms. The van der Waals surface area contributed by atoms with Crippen LogP contribution in [0.25, 0.3) is 0 Å². The number of fused-ring (bicyclic) bond motifs is 1. The van der Waals surface area contributed by atoms with Crippen molar-refractivity contribution in [1.82, 2.24) is 14.9 Å². The van der Waals surface area contributed by atoms with Crippen molar-refractivity contribution in [3.63, 3.8) is 0 Å². The summed E-state index contributed by atoms with van der Waals surface area (Å²) in [5, 5.41) is 16.0. The van der Waals surface area contributed by atoms with Gasteiger partial charge in [-0.25, -0.2) is 14.4 Å². The van der Waals surface area contributed by atoms with Gasteiger partial charge in [-0.3, -0.25) is 9.69 Å². The summed E-state index contributed by atoms with van der Waals surface area (Å²) in [5.74, 6) is -0.635. The molecular weight excluding hydrogens is 574 g/mol. The summed E-state index contributed by atoms with van der Waals surface area (Å²) in [6.07, 6.45) is -2.00. The second-order valence-corrected chi connectivity index (χ2v) is 13.1. The Labute approximate surface area is 255 Å². The Hall–Kier alpha value is -3.57. The number of likely N-dealkylation sites (tertiary alicyclic amines) is 1. The smallest absolute Gasteiger partial charge is 0.389 e. The molecule has 2 aliphatic heterocycles. The zero-order valence-electron chi connectivity index (χ0n) is 25.7. The van der Waals surface area contributed by atoms with Crippen molar-refractivity contribution in [3.8, 4) is 0 Å². The van der Waals surface area contributed by atoms with E-state index in [1.165, 1.54) is 0 Å². The lowest BCUT2D eigenvalue weighted by Gasteiger charge is -2.36. The van der Waals surface area contributed by atoms with E-state index in [1.807, 2.05) is 6.07 Å². The number of β-amino-alcohol motifs (C(OH)–C–C–N with tert-alkyl or cyclic N) is 1. The molecule has 1 fully saturated rings. The van der Waals surface area contributed by atoms with E-state index in [9.17, 15) is 23.1 Å². The Morgan fingerprint density at radius 1 is 1.16 bits per heavy atom. The van der Waals surface area contributed by atoms with Crippen molar-refractivity contribution in [3.05, 3.63) is 75.9 Å². The maximum absolute atomic E-state index is 15.7. The van der Waals surface area contributed by atoms with Gasteiger partial charge in [-0.15, -0.1) is 0 Å². The highest BCUT2D eigenvalue weighted by atomic mass is 19.4. The van der Waals surface area contributed by atoms with E-state index in [0.29, 0.717) is 35.6 Å². The van der Waals surface area contributed by atoms with Crippen molar-refractivity contribution in [2.24, 2.45) is 0 Å². The van der Waals surface area contributed by atoms with Gasteiger partial charge >= 0.3 is 6.18 Å². The number of nitrogens with zero attached hydrogens (tertiary/aromatic N) is 3. The second kappa shape index (κ2) is 11.7. The van der Waals surface area contributed by atoms with E-state index >= 15 is 4.39 Å². The van der Waals surface area contributed by atoms with Crippen molar-refractivity contribution in [2.45, 2.75) is 83.4 Å². The van der Waals surface area contributed by atoms with Crippen LogP contribution in [0, 0.1) is 12.7 Å². The van der Waals surface area contributed by atoms with Crippen LogP contribution in [-0.2, 0) is 29.2 Å². The standard InChI is InChI=1S/C33H39F4N5O2/c1-19-24(14-12-22(28(19)34)21-9-7-15-42(17-21)18-31(2,3)44)40-30-38-16-23(33(35,36)37)25(41-30)13-11-20-8-6-10-26-27(20)32(4,5)29(43)39-26/h6,8,10,12,14,16,21,44H,7,9,11,13,15,17-18H2,1-5H3,(H,39,43)(H,38,40,41). The van der Waals surface area contributed by atoms with Gasteiger partial charge in [0.25, 0.3) is 0 Å². The van der Waals surface area contributed by atoms with Gasteiger partial charge < -0.3 is 15.7 Å². The number of alkyl halides is 3. The highest BCUT2D eigenvalue weighted by Crippen LogP contribution is 2.41. The molecule has 3 heterocycles. The average Bonchev–Trinajstić information content (AvgIpc) is 3.17. The number of aliphatic hydroxyl groups is 1. The molecule has 3 aromatic rings. The predicted octanol–water partition coefficient (Wildman–Crippen LogP) is 6.65. The van der Waals surface area contributed by atoms with E-state index in [-0.39, 0.29) is 42.1 Å². The van der Waals surface area contributed by atoms with Gasteiger partial charge in [-0.2, -0.15) is 13.2 Å². The molecule has 1 atom stereocenters. The number of carbonyl (C=O) groups is 1. The van der Waals surface area contributed by atoms with E-state index in [1.54, 1.807) is 58.9 Å². The molecule has 3 N–H and O–H groups in total. The van der Waals surface area contributed by atoms with Gasteiger partial charge in [0.15, 0.2) is 0 Å². The maximum atomic E-state index is 15.7. The third-order valence-electron chi connectivity index (χ3n) is 8.61. The van der Waals surface area contributed by atoms with Crippen molar-refractivity contribution < 1.29 is 27.5 Å². The van der Waals surface area contributed by atoms with Crippen LogP contribution in [-0.4, -0.2) is 51.1 Å². The van der Waals surface area contributed by atoms with Crippen molar-refractivity contribution in [1.29, 1.82) is 0 Å². The predicted molar refractivity (Wildman–Crippen MR) is 162 cm³/mol. The van der Waals surface area contributed by atoms with Gasteiger partial charge in [-0.05, 0) is 102 Å². The molecular formula is C33H39F4N5O2. The van der Waals surface area contributed by atoms with E-state index < -0.39 is 22.8 Å². The van der Waals surface area contributed by atoms with Crippen LogP contribution in [0.1, 0.15) is 80.0 Å². The molecule has 2 aliphatic rings. The summed E-state index contributed by atoms with van der Waals surface area (Å²) in [6.45, 7) is 10.7. The molecule has 0 aliphatic carbocycles. The number of amides is 1. The number of rotatable bonds is 8. The molecule has 5 rings (SSSR count). The van der Waals surface area contributed by atoms with Crippen LogP contribution in [0.5, 0.6) is 0 Å². The lowest BCUT2D eigenvalue weighted by molar-refractivity contribution is -0.138. The molecule has 2 aromatic carbocycles. The molecule has 0 bridgehead atoms. The summed E-state index contributed by atoms with van der Waals surface area (Å²) in [7, 11) is 0. The number of halogens is 4. The van der Waals surface area contributed by atoms with E-state index in [4.69, 9.17) is 0 Å². The van der Waals surface area contributed by atoms with Gasteiger partial charge in [0.05, 0.1) is 22.3 Å². The Morgan fingerprint density at radius 3 is 2.61 bits per heavy atom. The minimum atomic E-state index is -4.66. The molecule has 1 amide bonds. The van der Waals surface area contributed by atoms with E-state index in [2.05, 4.69) is 25.5 Å². The Morgan fingerprint density at radius 2 is 1.91 bits per heavy atom. The molecule has 1 unspecified atom stereocenters. The van der Waals surface area contributed by atoms with Crippen LogP contribution in [0.3, 0.4) is 0 Å². The van der Waals surface area contributed by atoms with Crippen LogP contribution < -0.4 is 10.6 Å². The van der Waals surface area contributed by atoms with Gasteiger partial charge in [0, 0.05) is 36.2 Å². The number of anilines is 3. The van der Waals surface area contributed by atoms with Crippen LogP contribution in [0.4, 0.5) is 34.9 Å². The Bertz CT molecular complexity index is 1560. The fourth-order valence-corrected chi connectivity index (χ4v) is 6.48. The lowest BCUT2D eigenvalue weighted by Crippen LogP contribution is -2.43. The number of aromatic nitrogens is 2. The number of piperidine rings is 1. The fourth-order valence-electron chi connectivity index (χ4n) is 6.48. The molecule has 0 saturated carbocycles. The van der Waals surface area contributed by atoms with Crippen LogP contribution in [0.15, 0.2) is 36.5 Å². The summed E-state index contributed by atoms with van der Waals surface area (Å²) in [4.78, 5) is 22.8. The highest BCUT2D eigenvalue weighted by Gasteiger charge is 2.40.